The Kier molecular flexibility index (Phi) is 3.47. The summed E-state index contributed by atoms with van der Waals surface area (Å²) in [5, 5.41) is 9.27. The second kappa shape index (κ2) is 4.89. The molecule has 0 aliphatic heterocycles. The second-order valence-electron chi connectivity index (χ2n) is 4.14. The molecule has 0 aliphatic rings. The summed E-state index contributed by atoms with van der Waals surface area (Å²) in [5.41, 5.74) is 2.86. The molecule has 1 heterocycles. The standard InChI is InChI=1S/C12H13BrN4O/c1-6-4-7(2)10(9(13)5-6)15-12(18)11-14-8(3)16-17-11/h4-5H,1-3H3,(H,15,18)(H,14,16,17). The Hall–Kier alpha value is -1.69. The first-order valence-corrected chi connectivity index (χ1v) is 6.24. The number of anilines is 1. The van der Waals surface area contributed by atoms with Gasteiger partial charge in [-0.15, -0.1) is 5.10 Å². The molecule has 1 amide bonds. The molecule has 0 aliphatic carbocycles. The number of H-pyrrole nitrogens is 1. The van der Waals surface area contributed by atoms with Gasteiger partial charge in [0.15, 0.2) is 0 Å². The van der Waals surface area contributed by atoms with Crippen LogP contribution in [-0.4, -0.2) is 21.1 Å². The highest BCUT2D eigenvalue weighted by Crippen LogP contribution is 2.27. The van der Waals surface area contributed by atoms with Crippen LogP contribution in [0.4, 0.5) is 5.69 Å². The third kappa shape index (κ3) is 2.59. The summed E-state index contributed by atoms with van der Waals surface area (Å²) in [5.74, 6) is 0.422. The Balaban J connectivity index is 2.27. The number of amides is 1. The predicted molar refractivity (Wildman–Crippen MR) is 72.7 cm³/mol. The molecule has 2 rings (SSSR count). The van der Waals surface area contributed by atoms with Crippen molar-refractivity contribution >= 4 is 27.5 Å². The van der Waals surface area contributed by atoms with Crippen LogP contribution in [0.1, 0.15) is 27.6 Å². The van der Waals surface area contributed by atoms with Crippen LogP contribution < -0.4 is 5.32 Å². The van der Waals surface area contributed by atoms with E-state index in [-0.39, 0.29) is 11.7 Å². The number of aryl methyl sites for hydroxylation is 3. The van der Waals surface area contributed by atoms with Crippen molar-refractivity contribution in [3.8, 4) is 0 Å². The first-order chi connectivity index (χ1) is 8.47. The van der Waals surface area contributed by atoms with Crippen molar-refractivity contribution in [1.82, 2.24) is 15.2 Å². The average Bonchev–Trinajstić information content (AvgIpc) is 2.70. The number of rotatable bonds is 2. The molecule has 1 aromatic heterocycles. The number of carbonyl (C=O) groups excluding carboxylic acids is 1. The number of benzene rings is 1. The molecule has 2 aromatic rings. The Morgan fingerprint density at radius 3 is 2.61 bits per heavy atom. The number of carbonyl (C=O) groups is 1. The van der Waals surface area contributed by atoms with Crippen LogP contribution in [0.25, 0.3) is 0 Å². The topological polar surface area (TPSA) is 70.7 Å². The quantitative estimate of drug-likeness (QED) is 0.896. The van der Waals surface area contributed by atoms with Crippen LogP contribution in [0, 0.1) is 20.8 Å². The van der Waals surface area contributed by atoms with E-state index >= 15 is 0 Å². The van der Waals surface area contributed by atoms with Crippen LogP contribution in [-0.2, 0) is 0 Å². The van der Waals surface area contributed by atoms with Gasteiger partial charge in [0.2, 0.25) is 5.82 Å². The van der Waals surface area contributed by atoms with Gasteiger partial charge in [-0.2, -0.15) is 0 Å². The van der Waals surface area contributed by atoms with E-state index in [4.69, 9.17) is 0 Å². The fourth-order valence-corrected chi connectivity index (χ4v) is 2.46. The number of halogens is 1. The van der Waals surface area contributed by atoms with Crippen molar-refractivity contribution < 1.29 is 4.79 Å². The van der Waals surface area contributed by atoms with Gasteiger partial charge in [-0.05, 0) is 53.9 Å². The van der Waals surface area contributed by atoms with Crippen molar-refractivity contribution in [3.63, 3.8) is 0 Å². The van der Waals surface area contributed by atoms with Gasteiger partial charge >= 0.3 is 0 Å². The number of nitrogens with one attached hydrogen (secondary N) is 2. The van der Waals surface area contributed by atoms with E-state index in [2.05, 4.69) is 36.4 Å². The van der Waals surface area contributed by atoms with E-state index in [9.17, 15) is 4.79 Å². The largest absolute Gasteiger partial charge is 0.318 e. The van der Waals surface area contributed by atoms with Gasteiger partial charge in [0, 0.05) is 4.47 Å². The van der Waals surface area contributed by atoms with Crippen LogP contribution in [0.2, 0.25) is 0 Å². The number of hydrogen-bond acceptors (Lipinski definition) is 3. The highest BCUT2D eigenvalue weighted by molar-refractivity contribution is 9.10. The first-order valence-electron chi connectivity index (χ1n) is 5.44. The highest BCUT2D eigenvalue weighted by atomic mass is 79.9. The molecule has 0 radical (unpaired) electrons. The van der Waals surface area contributed by atoms with Crippen LogP contribution in [0.3, 0.4) is 0 Å². The fourth-order valence-electron chi connectivity index (χ4n) is 1.69. The molecule has 94 valence electrons. The van der Waals surface area contributed by atoms with Gasteiger partial charge in [0.1, 0.15) is 5.82 Å². The monoisotopic (exact) mass is 308 g/mol. The minimum Gasteiger partial charge on any atom is -0.318 e. The lowest BCUT2D eigenvalue weighted by molar-refractivity contribution is 0.101. The predicted octanol–water partition coefficient (Wildman–Crippen LogP) is 2.74. The van der Waals surface area contributed by atoms with Gasteiger partial charge in [-0.25, -0.2) is 4.98 Å². The first kappa shape index (κ1) is 12.8. The number of aromatic amines is 1. The minimum atomic E-state index is -0.327. The van der Waals surface area contributed by atoms with Gasteiger partial charge in [0.25, 0.3) is 5.91 Å². The maximum atomic E-state index is 11.9. The molecule has 0 bridgehead atoms. The smallest absolute Gasteiger partial charge is 0.295 e. The summed E-state index contributed by atoms with van der Waals surface area (Å²) in [6.45, 7) is 5.69. The van der Waals surface area contributed by atoms with Crippen molar-refractivity contribution in [3.05, 3.63) is 39.4 Å². The second-order valence-corrected chi connectivity index (χ2v) is 4.99. The van der Waals surface area contributed by atoms with E-state index in [0.717, 1.165) is 21.3 Å². The SMILES string of the molecule is Cc1cc(C)c(NC(=O)c2n[nH]c(C)n2)c(Br)c1. The molecule has 5 nitrogen and oxygen atoms in total. The Morgan fingerprint density at radius 1 is 1.33 bits per heavy atom. The van der Waals surface area contributed by atoms with Gasteiger partial charge in [-0.3, -0.25) is 9.89 Å². The fraction of sp³-hybridized carbons (Fsp3) is 0.250. The summed E-state index contributed by atoms with van der Waals surface area (Å²) in [6.07, 6.45) is 0. The normalized spacial score (nSPS) is 10.4. The van der Waals surface area contributed by atoms with Gasteiger partial charge in [-0.1, -0.05) is 6.07 Å². The third-order valence-electron chi connectivity index (χ3n) is 2.47. The lowest BCUT2D eigenvalue weighted by atomic mass is 10.1. The highest BCUT2D eigenvalue weighted by Gasteiger charge is 2.14. The summed E-state index contributed by atoms with van der Waals surface area (Å²) in [4.78, 5) is 15.9. The Morgan fingerprint density at radius 2 is 2.06 bits per heavy atom. The average molecular weight is 309 g/mol. The summed E-state index contributed by atoms with van der Waals surface area (Å²) < 4.78 is 0.848. The lowest BCUT2D eigenvalue weighted by Gasteiger charge is -2.10. The van der Waals surface area contributed by atoms with E-state index in [1.807, 2.05) is 26.0 Å². The molecular weight excluding hydrogens is 296 g/mol. The summed E-state index contributed by atoms with van der Waals surface area (Å²) >= 11 is 3.44. The maximum absolute atomic E-state index is 11.9. The molecular formula is C12H13BrN4O. The van der Waals surface area contributed by atoms with Gasteiger partial charge in [0.05, 0.1) is 5.69 Å². The number of aromatic nitrogens is 3. The lowest BCUT2D eigenvalue weighted by Crippen LogP contribution is -2.15. The molecule has 2 N–H and O–H groups in total. The van der Waals surface area contributed by atoms with Crippen molar-refractivity contribution in [1.29, 1.82) is 0 Å². The molecule has 0 saturated heterocycles. The van der Waals surface area contributed by atoms with Crippen LogP contribution in [0.5, 0.6) is 0 Å². The third-order valence-corrected chi connectivity index (χ3v) is 3.10. The van der Waals surface area contributed by atoms with Gasteiger partial charge < -0.3 is 5.32 Å². The molecule has 0 spiro atoms. The van der Waals surface area contributed by atoms with Crippen LogP contribution in [0.15, 0.2) is 16.6 Å². The van der Waals surface area contributed by atoms with E-state index in [1.165, 1.54) is 0 Å². The number of hydrogen-bond donors (Lipinski definition) is 2. The van der Waals surface area contributed by atoms with E-state index in [1.54, 1.807) is 6.92 Å². The molecule has 0 atom stereocenters. The molecule has 0 unspecified atom stereocenters. The van der Waals surface area contributed by atoms with Crippen LogP contribution >= 0.6 is 15.9 Å². The maximum Gasteiger partial charge on any atom is 0.295 e. The minimum absolute atomic E-state index is 0.138. The van der Waals surface area contributed by atoms with Crippen molar-refractivity contribution in [2.45, 2.75) is 20.8 Å². The molecule has 0 saturated carbocycles. The van der Waals surface area contributed by atoms with Crippen molar-refractivity contribution in [2.24, 2.45) is 0 Å². The Labute approximate surface area is 113 Å². The molecule has 18 heavy (non-hydrogen) atoms. The molecule has 6 heteroatoms. The van der Waals surface area contributed by atoms with Crippen molar-refractivity contribution in [2.75, 3.05) is 5.32 Å². The Bertz CT molecular complexity index is 583. The van der Waals surface area contributed by atoms with E-state index in [0.29, 0.717) is 5.82 Å². The molecule has 1 aromatic carbocycles. The zero-order valence-corrected chi connectivity index (χ0v) is 11.9. The van der Waals surface area contributed by atoms with E-state index < -0.39 is 0 Å². The summed E-state index contributed by atoms with van der Waals surface area (Å²) in [7, 11) is 0. The zero-order chi connectivity index (χ0) is 13.3. The zero-order valence-electron chi connectivity index (χ0n) is 10.3. The molecule has 0 fully saturated rings. The summed E-state index contributed by atoms with van der Waals surface area (Å²) in [6, 6.07) is 3.95. The number of nitrogens with zero attached hydrogens (tertiary/aromatic N) is 2.